The fraction of sp³-hybridized carbons (Fsp3) is 0.467. The summed E-state index contributed by atoms with van der Waals surface area (Å²) in [5.41, 5.74) is 6.42. The Morgan fingerprint density at radius 2 is 2.35 bits per heavy atom. The summed E-state index contributed by atoms with van der Waals surface area (Å²) in [5.74, 6) is 6.14. The SMILES string of the molecule is NCC#Cc1ccc(C(=O)NCCOCC2CC2)nc1. The molecule has 1 aromatic heterocycles. The molecule has 1 heterocycles. The van der Waals surface area contributed by atoms with Crippen LogP contribution in [0.2, 0.25) is 0 Å². The summed E-state index contributed by atoms with van der Waals surface area (Å²) in [7, 11) is 0. The molecule has 1 amide bonds. The number of aromatic nitrogens is 1. The summed E-state index contributed by atoms with van der Waals surface area (Å²) in [5, 5.41) is 2.77. The molecular weight excluding hydrogens is 254 g/mol. The summed E-state index contributed by atoms with van der Waals surface area (Å²) < 4.78 is 5.44. The summed E-state index contributed by atoms with van der Waals surface area (Å²) in [6.07, 6.45) is 4.12. The molecule has 106 valence electrons. The van der Waals surface area contributed by atoms with Crippen molar-refractivity contribution in [2.45, 2.75) is 12.8 Å². The maximum Gasteiger partial charge on any atom is 0.269 e. The topological polar surface area (TPSA) is 77.2 Å². The smallest absolute Gasteiger partial charge is 0.269 e. The first-order chi connectivity index (χ1) is 9.79. The number of pyridine rings is 1. The Bertz CT molecular complexity index is 498. The van der Waals surface area contributed by atoms with E-state index in [1.807, 2.05) is 0 Å². The zero-order chi connectivity index (χ0) is 14.2. The second-order valence-corrected chi connectivity index (χ2v) is 4.71. The van der Waals surface area contributed by atoms with Gasteiger partial charge in [-0.25, -0.2) is 4.98 Å². The lowest BCUT2D eigenvalue weighted by atomic mass is 10.2. The second kappa shape index (κ2) is 7.63. The van der Waals surface area contributed by atoms with Gasteiger partial charge in [0.25, 0.3) is 5.91 Å². The fourth-order valence-electron chi connectivity index (χ4n) is 1.62. The van der Waals surface area contributed by atoms with Gasteiger partial charge in [-0.1, -0.05) is 11.8 Å². The Kier molecular flexibility index (Phi) is 5.54. The highest BCUT2D eigenvalue weighted by molar-refractivity contribution is 5.92. The second-order valence-electron chi connectivity index (χ2n) is 4.71. The zero-order valence-corrected chi connectivity index (χ0v) is 11.4. The molecule has 1 saturated carbocycles. The van der Waals surface area contributed by atoms with Crippen molar-refractivity contribution in [1.82, 2.24) is 10.3 Å². The van der Waals surface area contributed by atoms with Crippen LogP contribution in [-0.2, 0) is 4.74 Å². The molecule has 2 rings (SSSR count). The molecule has 0 unspecified atom stereocenters. The molecule has 3 N–H and O–H groups in total. The monoisotopic (exact) mass is 273 g/mol. The van der Waals surface area contributed by atoms with Gasteiger partial charge in [0, 0.05) is 24.9 Å². The molecule has 0 bridgehead atoms. The van der Waals surface area contributed by atoms with Crippen molar-refractivity contribution in [3.63, 3.8) is 0 Å². The predicted molar refractivity (Wildman–Crippen MR) is 76.0 cm³/mol. The third-order valence-electron chi connectivity index (χ3n) is 2.91. The van der Waals surface area contributed by atoms with E-state index >= 15 is 0 Å². The van der Waals surface area contributed by atoms with Crippen molar-refractivity contribution in [2.24, 2.45) is 11.7 Å². The lowest BCUT2D eigenvalue weighted by Crippen LogP contribution is -2.28. The van der Waals surface area contributed by atoms with Crippen LogP contribution in [-0.4, -0.2) is 37.2 Å². The standard InChI is InChI=1S/C15H19N3O2/c16-7-1-2-12-5-6-14(18-10-12)15(19)17-8-9-20-11-13-3-4-13/h5-6,10,13H,3-4,7-9,11,16H2,(H,17,19). The van der Waals surface area contributed by atoms with Crippen molar-refractivity contribution in [3.05, 3.63) is 29.6 Å². The molecule has 1 aromatic rings. The van der Waals surface area contributed by atoms with E-state index in [0.29, 0.717) is 25.4 Å². The lowest BCUT2D eigenvalue weighted by molar-refractivity contribution is 0.0902. The average molecular weight is 273 g/mol. The van der Waals surface area contributed by atoms with Gasteiger partial charge in [-0.3, -0.25) is 4.79 Å². The Morgan fingerprint density at radius 1 is 1.50 bits per heavy atom. The number of nitrogens with zero attached hydrogens (tertiary/aromatic N) is 1. The third kappa shape index (κ3) is 5.00. The Labute approximate surface area is 118 Å². The lowest BCUT2D eigenvalue weighted by Gasteiger charge is -2.05. The molecule has 0 aromatic carbocycles. The van der Waals surface area contributed by atoms with Crippen molar-refractivity contribution >= 4 is 5.91 Å². The van der Waals surface area contributed by atoms with Gasteiger partial charge < -0.3 is 15.8 Å². The number of nitrogens with two attached hydrogens (primary N) is 1. The minimum atomic E-state index is -0.196. The summed E-state index contributed by atoms with van der Waals surface area (Å²) >= 11 is 0. The van der Waals surface area contributed by atoms with Gasteiger partial charge in [0.05, 0.1) is 13.2 Å². The van der Waals surface area contributed by atoms with Gasteiger partial charge in [0.2, 0.25) is 0 Å². The van der Waals surface area contributed by atoms with Crippen molar-refractivity contribution in [3.8, 4) is 11.8 Å². The molecule has 0 atom stereocenters. The number of carbonyl (C=O) groups is 1. The number of hydrogen-bond donors (Lipinski definition) is 2. The Morgan fingerprint density at radius 3 is 3.00 bits per heavy atom. The van der Waals surface area contributed by atoms with Crippen molar-refractivity contribution < 1.29 is 9.53 Å². The highest BCUT2D eigenvalue weighted by atomic mass is 16.5. The molecule has 0 aliphatic heterocycles. The minimum Gasteiger partial charge on any atom is -0.379 e. The van der Waals surface area contributed by atoms with E-state index in [0.717, 1.165) is 18.1 Å². The van der Waals surface area contributed by atoms with Gasteiger partial charge in [-0.15, -0.1) is 0 Å². The molecule has 1 aliphatic carbocycles. The van der Waals surface area contributed by atoms with Crippen LogP contribution in [0.4, 0.5) is 0 Å². The van der Waals surface area contributed by atoms with E-state index in [1.54, 1.807) is 18.3 Å². The van der Waals surface area contributed by atoms with Crippen LogP contribution in [0.25, 0.3) is 0 Å². The minimum absolute atomic E-state index is 0.196. The van der Waals surface area contributed by atoms with Crippen LogP contribution in [0.1, 0.15) is 28.9 Å². The number of ether oxygens (including phenoxy) is 1. The fourth-order valence-corrected chi connectivity index (χ4v) is 1.62. The molecule has 0 spiro atoms. The number of carbonyl (C=O) groups excluding carboxylic acids is 1. The van der Waals surface area contributed by atoms with Crippen LogP contribution in [0.15, 0.2) is 18.3 Å². The Balaban J connectivity index is 1.70. The van der Waals surface area contributed by atoms with E-state index in [2.05, 4.69) is 22.1 Å². The van der Waals surface area contributed by atoms with Crippen LogP contribution >= 0.6 is 0 Å². The van der Waals surface area contributed by atoms with E-state index in [1.165, 1.54) is 12.8 Å². The van der Waals surface area contributed by atoms with E-state index < -0.39 is 0 Å². The van der Waals surface area contributed by atoms with Gasteiger partial charge in [-0.2, -0.15) is 0 Å². The molecule has 1 aliphatic rings. The van der Waals surface area contributed by atoms with Crippen molar-refractivity contribution in [1.29, 1.82) is 0 Å². The molecular formula is C15H19N3O2. The third-order valence-corrected chi connectivity index (χ3v) is 2.91. The normalized spacial score (nSPS) is 13.4. The first-order valence-corrected chi connectivity index (χ1v) is 6.80. The van der Waals surface area contributed by atoms with Gasteiger partial charge in [0.1, 0.15) is 5.69 Å². The number of amides is 1. The first-order valence-electron chi connectivity index (χ1n) is 6.80. The molecule has 1 fully saturated rings. The van der Waals surface area contributed by atoms with E-state index in [4.69, 9.17) is 10.5 Å². The highest BCUT2D eigenvalue weighted by Gasteiger charge is 2.20. The van der Waals surface area contributed by atoms with Crippen LogP contribution in [0.5, 0.6) is 0 Å². The maximum atomic E-state index is 11.8. The van der Waals surface area contributed by atoms with Crippen LogP contribution in [0, 0.1) is 17.8 Å². The molecule has 0 saturated heterocycles. The zero-order valence-electron chi connectivity index (χ0n) is 11.4. The number of rotatable bonds is 6. The molecule has 0 radical (unpaired) electrons. The molecule has 5 nitrogen and oxygen atoms in total. The van der Waals surface area contributed by atoms with Gasteiger partial charge >= 0.3 is 0 Å². The maximum absolute atomic E-state index is 11.8. The Hall–Kier alpha value is -1.90. The average Bonchev–Trinajstić information content (AvgIpc) is 3.29. The van der Waals surface area contributed by atoms with E-state index in [-0.39, 0.29) is 5.91 Å². The summed E-state index contributed by atoms with van der Waals surface area (Å²) in [6, 6.07) is 3.41. The predicted octanol–water partition coefficient (Wildman–Crippen LogP) is 0.548. The summed E-state index contributed by atoms with van der Waals surface area (Å²) in [6.45, 7) is 2.16. The molecule has 5 heteroatoms. The number of nitrogens with one attached hydrogen (secondary N) is 1. The van der Waals surface area contributed by atoms with Crippen LogP contribution in [0.3, 0.4) is 0 Å². The largest absolute Gasteiger partial charge is 0.379 e. The van der Waals surface area contributed by atoms with Crippen LogP contribution < -0.4 is 11.1 Å². The van der Waals surface area contributed by atoms with Crippen molar-refractivity contribution in [2.75, 3.05) is 26.3 Å². The first kappa shape index (κ1) is 14.5. The van der Waals surface area contributed by atoms with Gasteiger partial charge in [0.15, 0.2) is 0 Å². The summed E-state index contributed by atoms with van der Waals surface area (Å²) in [4.78, 5) is 15.9. The van der Waals surface area contributed by atoms with Gasteiger partial charge in [-0.05, 0) is 30.9 Å². The number of hydrogen-bond acceptors (Lipinski definition) is 4. The molecule has 20 heavy (non-hydrogen) atoms. The quantitative estimate of drug-likeness (QED) is 0.586. The van der Waals surface area contributed by atoms with E-state index in [9.17, 15) is 4.79 Å². The highest BCUT2D eigenvalue weighted by Crippen LogP contribution is 2.28.